The van der Waals surface area contributed by atoms with Crippen LogP contribution in [-0.2, 0) is 10.0 Å². The number of anilines is 1. The van der Waals surface area contributed by atoms with Crippen molar-refractivity contribution in [3.63, 3.8) is 0 Å². The highest BCUT2D eigenvalue weighted by molar-refractivity contribution is 7.92. The van der Waals surface area contributed by atoms with E-state index < -0.39 is 10.0 Å². The molecule has 0 unspecified atom stereocenters. The van der Waals surface area contributed by atoms with Gasteiger partial charge in [-0.25, -0.2) is 8.42 Å². The topological polar surface area (TPSA) is 76.3 Å². The molecule has 0 saturated carbocycles. The van der Waals surface area contributed by atoms with Gasteiger partial charge in [0.25, 0.3) is 10.0 Å². The van der Waals surface area contributed by atoms with Crippen molar-refractivity contribution < 1.29 is 8.42 Å². The van der Waals surface area contributed by atoms with Gasteiger partial charge in [-0.1, -0.05) is 11.8 Å². The molecule has 1 aromatic carbocycles. The van der Waals surface area contributed by atoms with Crippen LogP contribution in [-0.4, -0.2) is 27.0 Å². The fraction of sp³-hybridized carbons (Fsp3) is 0.133. The minimum atomic E-state index is -3.61. The molecule has 2 aromatic rings. The molecule has 0 aliphatic carbocycles. The Labute approximate surface area is 124 Å². The predicted molar refractivity (Wildman–Crippen MR) is 82.2 cm³/mol. The molecular weight excluding hydrogens is 286 g/mol. The number of sulfonamides is 1. The van der Waals surface area contributed by atoms with E-state index in [1.807, 2.05) is 0 Å². The summed E-state index contributed by atoms with van der Waals surface area (Å²) in [6, 6.07) is 9.75. The Bertz CT molecular complexity index is 760. The highest BCUT2D eigenvalue weighted by atomic mass is 32.2. The largest absolute Gasteiger partial charge is 0.320 e. The summed E-state index contributed by atoms with van der Waals surface area (Å²) in [4.78, 5) is 4.13. The van der Waals surface area contributed by atoms with Gasteiger partial charge in [-0.3, -0.25) is 9.29 Å². The molecule has 0 radical (unpaired) electrons. The van der Waals surface area contributed by atoms with Gasteiger partial charge in [0.05, 0.1) is 23.3 Å². The lowest BCUT2D eigenvalue weighted by Crippen LogP contribution is -2.26. The monoisotopic (exact) mass is 301 g/mol. The lowest BCUT2D eigenvalue weighted by atomic mass is 10.2. The smallest absolute Gasteiger partial charge is 0.264 e. The maximum absolute atomic E-state index is 12.5. The van der Waals surface area contributed by atoms with Crippen molar-refractivity contribution in [1.82, 2.24) is 4.98 Å². The van der Waals surface area contributed by atoms with E-state index in [1.165, 1.54) is 29.7 Å². The Morgan fingerprint density at radius 2 is 1.95 bits per heavy atom. The lowest BCUT2D eigenvalue weighted by Gasteiger charge is -2.18. The summed E-state index contributed by atoms with van der Waals surface area (Å²) in [5, 5.41) is 0. The molecule has 6 heteroatoms. The Kier molecular flexibility index (Phi) is 4.58. The molecule has 0 amide bonds. The van der Waals surface area contributed by atoms with Gasteiger partial charge in [-0.2, -0.15) is 0 Å². The molecule has 0 aliphatic rings. The van der Waals surface area contributed by atoms with E-state index in [1.54, 1.807) is 30.5 Å². The number of pyridine rings is 1. The van der Waals surface area contributed by atoms with Gasteiger partial charge < -0.3 is 5.73 Å². The third-order valence-electron chi connectivity index (χ3n) is 2.86. The molecule has 0 atom stereocenters. The van der Waals surface area contributed by atoms with Gasteiger partial charge in [0, 0.05) is 18.8 Å². The number of nitrogens with zero attached hydrogens (tertiary/aromatic N) is 2. The molecule has 108 valence electrons. The number of nitrogens with two attached hydrogens (primary N) is 1. The molecule has 21 heavy (non-hydrogen) atoms. The standard InChI is InChI=1S/C15H15N3O2S/c1-18(14-5-3-11-17-12-14)21(19,20)15-8-6-13(7-9-15)4-2-10-16/h3,5-9,11-12H,10,16H2,1H3. The Morgan fingerprint density at radius 1 is 1.24 bits per heavy atom. The van der Waals surface area contributed by atoms with Crippen LogP contribution in [0, 0.1) is 11.8 Å². The van der Waals surface area contributed by atoms with Crippen molar-refractivity contribution in [1.29, 1.82) is 0 Å². The van der Waals surface area contributed by atoms with Crippen molar-refractivity contribution in [2.45, 2.75) is 4.90 Å². The zero-order chi connectivity index (χ0) is 15.3. The summed E-state index contributed by atoms with van der Waals surface area (Å²) in [7, 11) is -2.11. The molecule has 0 bridgehead atoms. The van der Waals surface area contributed by atoms with Crippen molar-refractivity contribution >= 4 is 15.7 Å². The molecular formula is C15H15N3O2S. The van der Waals surface area contributed by atoms with E-state index in [0.717, 1.165) is 5.56 Å². The summed E-state index contributed by atoms with van der Waals surface area (Å²) < 4.78 is 26.2. The molecule has 2 N–H and O–H groups in total. The van der Waals surface area contributed by atoms with Crippen molar-refractivity contribution in [3.05, 3.63) is 54.4 Å². The summed E-state index contributed by atoms with van der Waals surface area (Å²) in [6.07, 6.45) is 3.09. The van der Waals surface area contributed by atoms with Gasteiger partial charge in [0.1, 0.15) is 0 Å². The minimum absolute atomic E-state index is 0.201. The first-order valence-corrected chi connectivity index (χ1v) is 7.67. The highest BCUT2D eigenvalue weighted by Gasteiger charge is 2.21. The average Bonchev–Trinajstić information content (AvgIpc) is 2.53. The highest BCUT2D eigenvalue weighted by Crippen LogP contribution is 2.21. The first-order chi connectivity index (χ1) is 10.1. The normalized spacial score (nSPS) is 10.6. The molecule has 5 nitrogen and oxygen atoms in total. The van der Waals surface area contributed by atoms with Crippen LogP contribution in [0.5, 0.6) is 0 Å². The predicted octanol–water partition coefficient (Wildman–Crippen LogP) is 1.22. The maximum Gasteiger partial charge on any atom is 0.264 e. The third kappa shape index (κ3) is 3.40. The van der Waals surface area contributed by atoms with Crippen LogP contribution in [0.4, 0.5) is 5.69 Å². The van der Waals surface area contributed by atoms with E-state index in [4.69, 9.17) is 5.73 Å². The van der Waals surface area contributed by atoms with Crippen LogP contribution in [0.3, 0.4) is 0 Å². The Morgan fingerprint density at radius 3 is 2.52 bits per heavy atom. The van der Waals surface area contributed by atoms with E-state index >= 15 is 0 Å². The second-order valence-electron chi connectivity index (χ2n) is 4.21. The maximum atomic E-state index is 12.5. The number of rotatable bonds is 3. The zero-order valence-electron chi connectivity index (χ0n) is 11.5. The van der Waals surface area contributed by atoms with Gasteiger partial charge in [0.2, 0.25) is 0 Å². The van der Waals surface area contributed by atoms with Crippen LogP contribution in [0.25, 0.3) is 0 Å². The number of hydrogen-bond donors (Lipinski definition) is 1. The van der Waals surface area contributed by atoms with Gasteiger partial charge in [-0.15, -0.1) is 0 Å². The minimum Gasteiger partial charge on any atom is -0.320 e. The first-order valence-electron chi connectivity index (χ1n) is 6.23. The molecule has 0 saturated heterocycles. The number of benzene rings is 1. The van der Waals surface area contributed by atoms with Gasteiger partial charge in [-0.05, 0) is 36.4 Å². The van der Waals surface area contributed by atoms with Crippen molar-refractivity contribution in [3.8, 4) is 11.8 Å². The van der Waals surface area contributed by atoms with Crippen LogP contribution in [0.15, 0.2) is 53.7 Å². The first kappa shape index (κ1) is 15.0. The van der Waals surface area contributed by atoms with E-state index in [2.05, 4.69) is 16.8 Å². The fourth-order valence-corrected chi connectivity index (χ4v) is 2.88. The SMILES string of the molecule is CN(c1cccnc1)S(=O)(=O)c1ccc(C#CCN)cc1. The van der Waals surface area contributed by atoms with Crippen LogP contribution >= 0.6 is 0 Å². The van der Waals surface area contributed by atoms with E-state index in [0.29, 0.717) is 5.69 Å². The molecule has 0 spiro atoms. The van der Waals surface area contributed by atoms with E-state index in [9.17, 15) is 8.42 Å². The van der Waals surface area contributed by atoms with E-state index in [-0.39, 0.29) is 11.4 Å². The zero-order valence-corrected chi connectivity index (χ0v) is 12.3. The van der Waals surface area contributed by atoms with Gasteiger partial charge in [0.15, 0.2) is 0 Å². The van der Waals surface area contributed by atoms with Gasteiger partial charge >= 0.3 is 0 Å². The summed E-state index contributed by atoms with van der Waals surface area (Å²) in [5.74, 6) is 5.57. The fourth-order valence-electron chi connectivity index (χ4n) is 1.70. The molecule has 1 heterocycles. The molecule has 1 aromatic heterocycles. The van der Waals surface area contributed by atoms with Crippen molar-refractivity contribution in [2.75, 3.05) is 17.9 Å². The van der Waals surface area contributed by atoms with Crippen molar-refractivity contribution in [2.24, 2.45) is 5.73 Å². The third-order valence-corrected chi connectivity index (χ3v) is 4.66. The Hall–Kier alpha value is -2.36. The molecule has 0 fully saturated rings. The summed E-state index contributed by atoms with van der Waals surface area (Å²) >= 11 is 0. The lowest BCUT2D eigenvalue weighted by molar-refractivity contribution is 0.594. The molecule has 0 aliphatic heterocycles. The van der Waals surface area contributed by atoms with Crippen LogP contribution in [0.1, 0.15) is 5.56 Å². The second kappa shape index (κ2) is 6.39. The number of hydrogen-bond acceptors (Lipinski definition) is 4. The van der Waals surface area contributed by atoms with Crippen LogP contribution < -0.4 is 10.0 Å². The Balaban J connectivity index is 2.31. The average molecular weight is 301 g/mol. The van der Waals surface area contributed by atoms with Crippen LogP contribution in [0.2, 0.25) is 0 Å². The second-order valence-corrected chi connectivity index (χ2v) is 6.18. The number of aromatic nitrogens is 1. The molecule has 2 rings (SSSR count). The summed E-state index contributed by atoms with van der Waals surface area (Å²) in [5.41, 5.74) is 6.53. The quantitative estimate of drug-likeness (QED) is 0.865. The summed E-state index contributed by atoms with van der Waals surface area (Å²) in [6.45, 7) is 0.268.